The fraction of sp³-hybridized carbons (Fsp3) is 0.667. The lowest BCUT2D eigenvalue weighted by atomic mass is 9.88. The second-order valence-corrected chi connectivity index (χ2v) is 23.7. The number of carbonyl (C=O) groups is 6. The van der Waals surface area contributed by atoms with Crippen LogP contribution in [0, 0.1) is 30.6 Å². The van der Waals surface area contributed by atoms with E-state index in [1.165, 1.54) is 37.5 Å². The Morgan fingerprint density at radius 3 is 2.16 bits per heavy atom. The maximum atomic E-state index is 15.0. The molecule has 3 aromatic rings. The number of thiophene rings is 1. The van der Waals surface area contributed by atoms with E-state index in [0.29, 0.717) is 60.0 Å². The van der Waals surface area contributed by atoms with E-state index >= 15 is 4.79 Å². The van der Waals surface area contributed by atoms with Crippen LogP contribution in [0.1, 0.15) is 116 Å². The zero-order valence-electron chi connectivity index (χ0n) is 49.8. The molecule has 3 heterocycles. The number of hydrogen-bond acceptors (Lipinski definition) is 16. The predicted octanol–water partition coefficient (Wildman–Crippen LogP) is 5.42. The zero-order valence-corrected chi connectivity index (χ0v) is 50.6. The molecule has 7 N–H and O–H groups in total. The highest BCUT2D eigenvalue weighted by molar-refractivity contribution is 7.19. The molecular formula is C60H91N5O16S. The fourth-order valence-electron chi connectivity index (χ4n) is 11.8. The molecule has 0 saturated carbocycles. The average molecular weight is 1170 g/mol. The summed E-state index contributed by atoms with van der Waals surface area (Å²) < 4.78 is 30.6. The number of nitrogens with zero attached hydrogens (tertiary/aromatic N) is 3. The molecule has 2 aliphatic rings. The molecule has 14 atom stereocenters. The number of nitrogens with one attached hydrogen (secondary N) is 2. The number of carboxylic acids is 1. The molecule has 0 spiro atoms. The van der Waals surface area contributed by atoms with Gasteiger partial charge in [-0.15, -0.1) is 11.3 Å². The van der Waals surface area contributed by atoms with Gasteiger partial charge >= 0.3 is 12.1 Å². The number of aliphatic hydroxyl groups is 4. The molecule has 458 valence electrons. The average Bonchev–Trinajstić information content (AvgIpc) is 3.93. The van der Waals surface area contributed by atoms with Crippen LogP contribution in [-0.2, 0) is 55.9 Å². The van der Waals surface area contributed by atoms with Crippen molar-refractivity contribution in [1.82, 2.24) is 25.3 Å². The molecule has 2 saturated heterocycles. The van der Waals surface area contributed by atoms with E-state index in [4.69, 9.17) is 23.7 Å². The number of likely N-dealkylation sites (N-methyl/N-ethyl adjacent to an activating group) is 2. The van der Waals surface area contributed by atoms with Gasteiger partial charge in [0.15, 0.2) is 0 Å². The summed E-state index contributed by atoms with van der Waals surface area (Å²) in [4.78, 5) is 89.9. The van der Waals surface area contributed by atoms with Gasteiger partial charge in [-0.2, -0.15) is 0 Å². The number of ether oxygens (including phenoxy) is 5. The molecule has 2 unspecified atom stereocenters. The third-order valence-electron chi connectivity index (χ3n) is 16.5. The first kappa shape index (κ1) is 67.3. The van der Waals surface area contributed by atoms with Gasteiger partial charge in [0.05, 0.1) is 42.7 Å². The molecular weight excluding hydrogens is 1080 g/mol. The normalized spacial score (nSPS) is 22.1. The SMILES string of the molecule is CCCC(C)[C@@H]([C@@H](CC(=O)N1CCC[C@H]1[C@H](OC)[C@@H](C)C(=O)NC(Cc1ccccc1)C(=O)O)OC)N(C)C(=O)[C@@H](NC(=O)[C@H](C(CC)CC)N(C)C(=O)OCc1ccc(O[C@@H]2O[C@H](CCO)[C@H](O)[C@H](O)[C@H]2O)c2cc(C)sc12)C(C)C. The number of aliphatic carboxylic acids is 1. The summed E-state index contributed by atoms with van der Waals surface area (Å²) in [5.41, 5.74) is 1.38. The second kappa shape index (κ2) is 31.4. The second-order valence-electron chi connectivity index (χ2n) is 22.4. The number of methoxy groups -OCH3 is 2. The van der Waals surface area contributed by atoms with Crippen molar-refractivity contribution in [3.8, 4) is 5.75 Å². The summed E-state index contributed by atoms with van der Waals surface area (Å²) in [6, 6.07) is 9.78. The minimum absolute atomic E-state index is 0.00585. The zero-order chi connectivity index (χ0) is 60.7. The van der Waals surface area contributed by atoms with Crippen molar-refractivity contribution in [2.24, 2.45) is 23.7 Å². The Kier molecular flexibility index (Phi) is 25.8. The van der Waals surface area contributed by atoms with Crippen LogP contribution >= 0.6 is 11.3 Å². The highest BCUT2D eigenvalue weighted by atomic mass is 32.1. The summed E-state index contributed by atoms with van der Waals surface area (Å²) in [5, 5.41) is 57.5. The highest BCUT2D eigenvalue weighted by Gasteiger charge is 2.46. The standard InChI is InChI=1S/C60H91N5O16S/c1-13-20-34(6)48(45(77-11)31-46(67)65-27-19-23-42(65)53(78-12)36(8)55(71)61-41(58(74)75)30-37-21-17-16-18-22-37)63(9)57(73)47(33(4)5)62-56(72)49(38(14-2)15-3)64(10)60(76)79-32-39-24-25-43(40-29-35(7)82-54(39)40)80-59-52(70)51(69)50(68)44(81-59)26-28-66/h16-18,21-22,24-25,29,33-34,36,38,41-42,44-45,47-53,59,66,68-70H,13-15,19-20,23,26-28,30-32H2,1-12H3,(H,61,71)(H,62,72)(H,74,75)/t34?,36-,41?,42+,44-,45-,47+,48+,49+,50+,51+,52-,53-,59-/m1/s1. The smallest absolute Gasteiger partial charge is 0.410 e. The highest BCUT2D eigenvalue weighted by Crippen LogP contribution is 2.38. The number of carbonyl (C=O) groups excluding carboxylic acids is 5. The summed E-state index contributed by atoms with van der Waals surface area (Å²) in [6.07, 6.45) is -5.62. The van der Waals surface area contributed by atoms with Gasteiger partial charge in [0.2, 0.25) is 29.9 Å². The lowest BCUT2D eigenvalue weighted by Crippen LogP contribution is -2.60. The first-order chi connectivity index (χ1) is 39.0. The molecule has 2 aliphatic heterocycles. The van der Waals surface area contributed by atoms with E-state index < -0.39 is 115 Å². The van der Waals surface area contributed by atoms with E-state index in [2.05, 4.69) is 10.6 Å². The number of hydrogen-bond donors (Lipinski definition) is 7. The van der Waals surface area contributed by atoms with Crippen molar-refractivity contribution in [3.05, 3.63) is 64.5 Å². The van der Waals surface area contributed by atoms with Crippen LogP contribution in [-0.4, -0.2) is 191 Å². The number of aryl methyl sites for hydroxylation is 1. The van der Waals surface area contributed by atoms with Crippen LogP contribution in [0.5, 0.6) is 5.75 Å². The van der Waals surface area contributed by atoms with Crippen molar-refractivity contribution in [3.63, 3.8) is 0 Å². The van der Waals surface area contributed by atoms with E-state index in [1.807, 2.05) is 60.6 Å². The first-order valence-corrected chi connectivity index (χ1v) is 29.7. The number of benzene rings is 2. The molecule has 2 fully saturated rings. The van der Waals surface area contributed by atoms with Crippen LogP contribution in [0.25, 0.3) is 10.1 Å². The van der Waals surface area contributed by atoms with E-state index in [0.717, 1.165) is 16.9 Å². The quantitative estimate of drug-likeness (QED) is 0.0439. The van der Waals surface area contributed by atoms with Gasteiger partial charge in [-0.1, -0.05) is 104 Å². The van der Waals surface area contributed by atoms with Gasteiger partial charge in [0.1, 0.15) is 48.8 Å². The minimum atomic E-state index is -1.59. The lowest BCUT2D eigenvalue weighted by Gasteiger charge is -2.41. The number of amides is 5. The van der Waals surface area contributed by atoms with Crippen LogP contribution < -0.4 is 15.4 Å². The monoisotopic (exact) mass is 1170 g/mol. The molecule has 1 aromatic heterocycles. The van der Waals surface area contributed by atoms with Gasteiger partial charge < -0.3 is 69.7 Å². The maximum absolute atomic E-state index is 15.0. The predicted molar refractivity (Wildman–Crippen MR) is 309 cm³/mol. The Morgan fingerprint density at radius 2 is 1.56 bits per heavy atom. The fourth-order valence-corrected chi connectivity index (χ4v) is 12.8. The molecule has 22 heteroatoms. The number of aliphatic hydroxyl groups excluding tert-OH is 4. The van der Waals surface area contributed by atoms with Crippen LogP contribution in [0.3, 0.4) is 0 Å². The van der Waals surface area contributed by atoms with Crippen LogP contribution in [0.15, 0.2) is 48.5 Å². The van der Waals surface area contributed by atoms with Crippen molar-refractivity contribution in [2.75, 3.05) is 41.5 Å². The summed E-state index contributed by atoms with van der Waals surface area (Å²) >= 11 is 1.42. The van der Waals surface area contributed by atoms with Crippen molar-refractivity contribution < 1.29 is 78.0 Å². The maximum Gasteiger partial charge on any atom is 0.410 e. The summed E-state index contributed by atoms with van der Waals surface area (Å²) in [7, 11) is 6.13. The molecule has 0 aliphatic carbocycles. The third kappa shape index (κ3) is 16.5. The number of fused-ring (bicyclic) bond motifs is 1. The van der Waals surface area contributed by atoms with Crippen LogP contribution in [0.4, 0.5) is 4.79 Å². The van der Waals surface area contributed by atoms with E-state index in [9.17, 15) is 49.5 Å². The summed E-state index contributed by atoms with van der Waals surface area (Å²) in [6.45, 7) is 15.0. The molecule has 5 rings (SSSR count). The Balaban J connectivity index is 1.30. The third-order valence-corrected chi connectivity index (χ3v) is 17.6. The van der Waals surface area contributed by atoms with Gasteiger partial charge in [0.25, 0.3) is 0 Å². The Bertz CT molecular complexity index is 2570. The molecule has 21 nitrogen and oxygen atoms in total. The van der Waals surface area contributed by atoms with E-state index in [1.54, 1.807) is 60.2 Å². The number of carboxylic acid groups (broad SMARTS) is 1. The Morgan fingerprint density at radius 1 is 0.878 bits per heavy atom. The largest absolute Gasteiger partial charge is 0.480 e. The molecule has 0 bridgehead atoms. The summed E-state index contributed by atoms with van der Waals surface area (Å²) in [5.74, 6) is -4.33. The van der Waals surface area contributed by atoms with Crippen molar-refractivity contribution in [2.45, 2.75) is 193 Å². The molecule has 2 aromatic carbocycles. The Hall–Kier alpha value is -5.46. The first-order valence-electron chi connectivity index (χ1n) is 28.9. The van der Waals surface area contributed by atoms with Gasteiger partial charge in [-0.3, -0.25) is 24.1 Å². The van der Waals surface area contributed by atoms with Crippen LogP contribution in [0.2, 0.25) is 0 Å². The number of rotatable bonds is 30. The van der Waals surface area contributed by atoms with Gasteiger partial charge in [-0.25, -0.2) is 9.59 Å². The van der Waals surface area contributed by atoms with Crippen molar-refractivity contribution in [1.29, 1.82) is 0 Å². The van der Waals surface area contributed by atoms with Crippen molar-refractivity contribution >= 4 is 57.1 Å². The topological polar surface area (TPSA) is 284 Å². The molecule has 82 heavy (non-hydrogen) atoms. The number of likely N-dealkylation sites (tertiary alicyclic amines) is 1. The molecule has 5 amide bonds. The molecule has 0 radical (unpaired) electrons. The lowest BCUT2D eigenvalue weighted by molar-refractivity contribution is -0.274. The van der Waals surface area contributed by atoms with Gasteiger partial charge in [0, 0.05) is 68.4 Å². The van der Waals surface area contributed by atoms with Gasteiger partial charge in [-0.05, 0) is 68.1 Å². The minimum Gasteiger partial charge on any atom is -0.480 e. The Labute approximate surface area is 486 Å². The van der Waals surface area contributed by atoms with E-state index in [-0.39, 0.29) is 50.2 Å².